The second-order valence-electron chi connectivity index (χ2n) is 4.40. The molecule has 0 fully saturated rings. The SMILES string of the molecule is CCc1ccc2c(c1)S(=O)(=O)CC(C)N2C. The van der Waals surface area contributed by atoms with Crippen molar-refractivity contribution < 1.29 is 8.42 Å². The Balaban J connectivity index is 2.65. The molecule has 1 aliphatic heterocycles. The summed E-state index contributed by atoms with van der Waals surface area (Å²) in [6, 6.07) is 5.78. The van der Waals surface area contributed by atoms with Gasteiger partial charge in [-0.15, -0.1) is 0 Å². The zero-order valence-corrected chi connectivity index (χ0v) is 10.7. The summed E-state index contributed by atoms with van der Waals surface area (Å²) in [5.41, 5.74) is 1.90. The van der Waals surface area contributed by atoms with E-state index in [0.717, 1.165) is 17.7 Å². The standard InChI is InChI=1S/C12H17NO2S/c1-4-10-5-6-11-12(7-10)16(14,15)8-9(2)13(11)3/h5-7,9H,4,8H2,1-3H3. The van der Waals surface area contributed by atoms with E-state index in [1.807, 2.05) is 44.0 Å². The fraction of sp³-hybridized carbons (Fsp3) is 0.500. The number of hydrogen-bond acceptors (Lipinski definition) is 3. The molecule has 16 heavy (non-hydrogen) atoms. The Hall–Kier alpha value is -1.03. The molecule has 3 nitrogen and oxygen atoms in total. The molecule has 0 radical (unpaired) electrons. The molecule has 0 saturated heterocycles. The molecule has 4 heteroatoms. The van der Waals surface area contributed by atoms with E-state index in [0.29, 0.717) is 4.90 Å². The lowest BCUT2D eigenvalue weighted by atomic mass is 10.1. The predicted octanol–water partition coefficient (Wildman–Crippen LogP) is 1.86. The second-order valence-corrected chi connectivity index (χ2v) is 6.40. The minimum absolute atomic E-state index is 0.0463. The quantitative estimate of drug-likeness (QED) is 0.750. The molecule has 1 atom stereocenters. The summed E-state index contributed by atoms with van der Waals surface area (Å²) in [5, 5.41) is 0. The Kier molecular flexibility index (Phi) is 2.70. The van der Waals surface area contributed by atoms with Gasteiger partial charge in [-0.1, -0.05) is 13.0 Å². The Morgan fingerprint density at radius 2 is 2.12 bits per heavy atom. The Bertz CT molecular complexity index is 508. The number of anilines is 1. The van der Waals surface area contributed by atoms with Crippen molar-refractivity contribution in [2.24, 2.45) is 0 Å². The summed E-state index contributed by atoms with van der Waals surface area (Å²) < 4.78 is 24.1. The van der Waals surface area contributed by atoms with Crippen molar-refractivity contribution in [3.8, 4) is 0 Å². The van der Waals surface area contributed by atoms with Crippen LogP contribution in [0.25, 0.3) is 0 Å². The molecule has 0 saturated carbocycles. The van der Waals surface area contributed by atoms with Crippen LogP contribution in [0.2, 0.25) is 0 Å². The van der Waals surface area contributed by atoms with Gasteiger partial charge in [0, 0.05) is 13.1 Å². The molecule has 0 aromatic heterocycles. The summed E-state index contributed by atoms with van der Waals surface area (Å²) in [7, 11) is -1.15. The van der Waals surface area contributed by atoms with Crippen LogP contribution < -0.4 is 4.90 Å². The van der Waals surface area contributed by atoms with Crippen molar-refractivity contribution in [1.29, 1.82) is 0 Å². The van der Waals surface area contributed by atoms with Crippen LogP contribution in [0.1, 0.15) is 19.4 Å². The fourth-order valence-electron chi connectivity index (χ4n) is 2.08. The number of sulfone groups is 1. The monoisotopic (exact) mass is 239 g/mol. The molecule has 1 aromatic rings. The van der Waals surface area contributed by atoms with Crippen molar-refractivity contribution in [3.05, 3.63) is 23.8 Å². The third-order valence-corrected chi connectivity index (χ3v) is 5.19. The van der Waals surface area contributed by atoms with E-state index in [4.69, 9.17) is 0 Å². The lowest BCUT2D eigenvalue weighted by molar-refractivity contribution is 0.579. The average Bonchev–Trinajstić information content (AvgIpc) is 2.25. The van der Waals surface area contributed by atoms with Gasteiger partial charge in [-0.25, -0.2) is 8.42 Å². The van der Waals surface area contributed by atoms with Crippen LogP contribution in [0, 0.1) is 0 Å². The molecule has 0 bridgehead atoms. The van der Waals surface area contributed by atoms with Crippen LogP contribution in [0.15, 0.2) is 23.1 Å². The fourth-order valence-corrected chi connectivity index (χ4v) is 3.98. The van der Waals surface area contributed by atoms with E-state index in [9.17, 15) is 8.42 Å². The summed E-state index contributed by atoms with van der Waals surface area (Å²) in [5.74, 6) is 0.212. The summed E-state index contributed by atoms with van der Waals surface area (Å²) in [6.45, 7) is 3.97. The van der Waals surface area contributed by atoms with Crippen molar-refractivity contribution in [2.45, 2.75) is 31.2 Å². The molecule has 88 valence electrons. The highest BCUT2D eigenvalue weighted by Gasteiger charge is 2.31. The maximum absolute atomic E-state index is 12.1. The Labute approximate surface area is 97.0 Å². The predicted molar refractivity (Wildman–Crippen MR) is 65.7 cm³/mol. The topological polar surface area (TPSA) is 37.4 Å². The molecule has 1 aromatic carbocycles. The smallest absolute Gasteiger partial charge is 0.182 e. The first kappa shape index (κ1) is 11.5. The largest absolute Gasteiger partial charge is 0.370 e. The van der Waals surface area contributed by atoms with E-state index >= 15 is 0 Å². The van der Waals surface area contributed by atoms with Gasteiger partial charge in [0.15, 0.2) is 9.84 Å². The first-order valence-electron chi connectivity index (χ1n) is 5.54. The van der Waals surface area contributed by atoms with Gasteiger partial charge in [0.05, 0.1) is 16.3 Å². The summed E-state index contributed by atoms with van der Waals surface area (Å²) in [4.78, 5) is 2.53. The zero-order chi connectivity index (χ0) is 11.9. The van der Waals surface area contributed by atoms with Crippen molar-refractivity contribution in [3.63, 3.8) is 0 Å². The molecule has 1 heterocycles. The molecule has 0 amide bonds. The van der Waals surface area contributed by atoms with E-state index in [1.54, 1.807) is 0 Å². The van der Waals surface area contributed by atoms with Gasteiger partial charge in [-0.3, -0.25) is 0 Å². The van der Waals surface area contributed by atoms with Crippen molar-refractivity contribution >= 4 is 15.5 Å². The van der Waals surface area contributed by atoms with E-state index in [-0.39, 0.29) is 11.8 Å². The van der Waals surface area contributed by atoms with Crippen molar-refractivity contribution in [1.82, 2.24) is 0 Å². The number of fused-ring (bicyclic) bond motifs is 1. The second kappa shape index (κ2) is 3.77. The van der Waals surface area contributed by atoms with Crippen LogP contribution >= 0.6 is 0 Å². The van der Waals surface area contributed by atoms with Gasteiger partial charge in [0.1, 0.15) is 0 Å². The first-order valence-corrected chi connectivity index (χ1v) is 7.19. The van der Waals surface area contributed by atoms with E-state index < -0.39 is 9.84 Å². The third-order valence-electron chi connectivity index (χ3n) is 3.27. The summed E-state index contributed by atoms with van der Waals surface area (Å²) >= 11 is 0. The lowest BCUT2D eigenvalue weighted by Gasteiger charge is -2.33. The minimum Gasteiger partial charge on any atom is -0.370 e. The van der Waals surface area contributed by atoms with Crippen LogP contribution in [0.5, 0.6) is 0 Å². The van der Waals surface area contributed by atoms with E-state index in [2.05, 4.69) is 0 Å². The van der Waals surface area contributed by atoms with Crippen LogP contribution in [0.4, 0.5) is 5.69 Å². The van der Waals surface area contributed by atoms with Crippen LogP contribution in [-0.2, 0) is 16.3 Å². The van der Waals surface area contributed by atoms with Gasteiger partial charge in [0.25, 0.3) is 0 Å². The molecule has 2 rings (SSSR count). The molecule has 0 N–H and O–H groups in total. The lowest BCUT2D eigenvalue weighted by Crippen LogP contribution is -2.40. The molecule has 1 unspecified atom stereocenters. The Morgan fingerprint density at radius 1 is 1.44 bits per heavy atom. The van der Waals surface area contributed by atoms with E-state index in [1.165, 1.54) is 0 Å². The van der Waals surface area contributed by atoms with Gasteiger partial charge < -0.3 is 4.90 Å². The highest BCUT2D eigenvalue weighted by molar-refractivity contribution is 7.91. The van der Waals surface area contributed by atoms with Gasteiger partial charge in [0.2, 0.25) is 0 Å². The number of aryl methyl sites for hydroxylation is 1. The zero-order valence-electron chi connectivity index (χ0n) is 9.90. The van der Waals surface area contributed by atoms with Crippen LogP contribution in [0.3, 0.4) is 0 Å². The van der Waals surface area contributed by atoms with Gasteiger partial charge in [-0.2, -0.15) is 0 Å². The summed E-state index contributed by atoms with van der Waals surface area (Å²) in [6.07, 6.45) is 0.863. The highest BCUT2D eigenvalue weighted by atomic mass is 32.2. The number of rotatable bonds is 1. The third kappa shape index (κ3) is 1.71. The molecule has 0 aliphatic carbocycles. The van der Waals surface area contributed by atoms with Gasteiger partial charge >= 0.3 is 0 Å². The maximum Gasteiger partial charge on any atom is 0.182 e. The number of hydrogen-bond donors (Lipinski definition) is 0. The average molecular weight is 239 g/mol. The number of nitrogens with zero attached hydrogens (tertiary/aromatic N) is 1. The molecule has 0 spiro atoms. The Morgan fingerprint density at radius 3 is 2.75 bits per heavy atom. The highest BCUT2D eigenvalue weighted by Crippen LogP contribution is 2.33. The minimum atomic E-state index is -3.10. The van der Waals surface area contributed by atoms with Crippen molar-refractivity contribution in [2.75, 3.05) is 17.7 Å². The normalized spacial score (nSPS) is 22.9. The molecular weight excluding hydrogens is 222 g/mol. The molecular formula is C12H17NO2S. The van der Waals surface area contributed by atoms with Gasteiger partial charge in [-0.05, 0) is 31.0 Å². The number of benzene rings is 1. The molecule has 1 aliphatic rings. The van der Waals surface area contributed by atoms with Crippen LogP contribution in [-0.4, -0.2) is 27.3 Å². The first-order chi connectivity index (χ1) is 7.45. The maximum atomic E-state index is 12.1.